The first kappa shape index (κ1) is 22.0. The van der Waals surface area contributed by atoms with E-state index >= 15 is 0 Å². The minimum Gasteiger partial charge on any atom is -0.497 e. The van der Waals surface area contributed by atoms with E-state index < -0.39 is 0 Å². The average Bonchev–Trinajstić information content (AvgIpc) is 3.13. The second-order valence-electron chi connectivity index (χ2n) is 8.20. The van der Waals surface area contributed by atoms with Gasteiger partial charge in [-0.1, -0.05) is 12.1 Å². The molecule has 0 saturated carbocycles. The van der Waals surface area contributed by atoms with Crippen molar-refractivity contribution in [3.8, 4) is 11.4 Å². The number of benzene rings is 2. The number of morpholine rings is 1. The van der Waals surface area contributed by atoms with Gasteiger partial charge in [-0.25, -0.2) is 0 Å². The highest BCUT2D eigenvalue weighted by Crippen LogP contribution is 2.24. The summed E-state index contributed by atoms with van der Waals surface area (Å²) in [6.45, 7) is 9.37. The first-order valence-electron chi connectivity index (χ1n) is 11.0. The Hall–Kier alpha value is -3.25. The Morgan fingerprint density at radius 3 is 2.25 bits per heavy atom. The molecule has 4 rings (SSSR count). The lowest BCUT2D eigenvalue weighted by Gasteiger charge is -2.29. The summed E-state index contributed by atoms with van der Waals surface area (Å²) in [6, 6.07) is 18.1. The normalized spacial score (nSPS) is 14.8. The standard InChI is InChI=1S/C26H31N3O3/c1-18-17-25(20(3)29(18)23-9-11-24(31-4)12-10-23)26(30)27-19(2)21-5-7-22(8-6-21)28-13-15-32-16-14-28/h5-12,17,19H,13-16H2,1-4H3,(H,27,30). The van der Waals surface area contributed by atoms with Crippen molar-refractivity contribution in [2.45, 2.75) is 26.8 Å². The zero-order chi connectivity index (χ0) is 22.7. The van der Waals surface area contributed by atoms with Crippen LogP contribution in [0.25, 0.3) is 5.69 Å². The first-order valence-corrected chi connectivity index (χ1v) is 11.0. The number of carbonyl (C=O) groups excluding carboxylic acids is 1. The lowest BCUT2D eigenvalue weighted by Crippen LogP contribution is -2.36. The van der Waals surface area contributed by atoms with Crippen molar-refractivity contribution >= 4 is 11.6 Å². The maximum absolute atomic E-state index is 13.1. The third-order valence-electron chi connectivity index (χ3n) is 6.12. The highest BCUT2D eigenvalue weighted by Gasteiger charge is 2.19. The van der Waals surface area contributed by atoms with Crippen LogP contribution in [0.5, 0.6) is 5.75 Å². The third-order valence-corrected chi connectivity index (χ3v) is 6.12. The van der Waals surface area contributed by atoms with Gasteiger partial charge in [-0.2, -0.15) is 0 Å². The molecule has 1 unspecified atom stereocenters. The van der Waals surface area contributed by atoms with E-state index in [2.05, 4.69) is 39.0 Å². The van der Waals surface area contributed by atoms with E-state index in [1.165, 1.54) is 5.69 Å². The van der Waals surface area contributed by atoms with Gasteiger partial charge in [0.25, 0.3) is 5.91 Å². The Labute approximate surface area is 189 Å². The molecule has 1 N–H and O–H groups in total. The molecule has 1 fully saturated rings. The zero-order valence-corrected chi connectivity index (χ0v) is 19.2. The first-order chi connectivity index (χ1) is 15.5. The highest BCUT2D eigenvalue weighted by molar-refractivity contribution is 5.96. The summed E-state index contributed by atoms with van der Waals surface area (Å²) in [5.74, 6) is 0.741. The van der Waals surface area contributed by atoms with Crippen LogP contribution in [0, 0.1) is 13.8 Å². The predicted octanol–water partition coefficient (Wildman–Crippen LogP) is 4.43. The van der Waals surface area contributed by atoms with Crippen molar-refractivity contribution in [2.75, 3.05) is 38.3 Å². The molecule has 6 nitrogen and oxygen atoms in total. The Kier molecular flexibility index (Phi) is 6.51. The largest absolute Gasteiger partial charge is 0.497 e. The van der Waals surface area contributed by atoms with Gasteiger partial charge in [0.15, 0.2) is 0 Å². The van der Waals surface area contributed by atoms with Crippen LogP contribution >= 0.6 is 0 Å². The number of ether oxygens (including phenoxy) is 2. The molecule has 6 heteroatoms. The molecule has 1 atom stereocenters. The van der Waals surface area contributed by atoms with Crippen molar-refractivity contribution < 1.29 is 14.3 Å². The third kappa shape index (κ3) is 4.50. The van der Waals surface area contributed by atoms with Crippen LogP contribution in [0.4, 0.5) is 5.69 Å². The number of hydrogen-bond donors (Lipinski definition) is 1. The average molecular weight is 434 g/mol. The smallest absolute Gasteiger partial charge is 0.253 e. The summed E-state index contributed by atoms with van der Waals surface area (Å²) < 4.78 is 12.8. The Morgan fingerprint density at radius 2 is 1.62 bits per heavy atom. The van der Waals surface area contributed by atoms with Crippen LogP contribution in [-0.4, -0.2) is 43.9 Å². The predicted molar refractivity (Wildman–Crippen MR) is 127 cm³/mol. The lowest BCUT2D eigenvalue weighted by molar-refractivity contribution is 0.0939. The van der Waals surface area contributed by atoms with Crippen LogP contribution in [0.15, 0.2) is 54.6 Å². The van der Waals surface area contributed by atoms with Crippen molar-refractivity contribution in [3.05, 3.63) is 77.1 Å². The van der Waals surface area contributed by atoms with Crippen molar-refractivity contribution in [2.24, 2.45) is 0 Å². The molecular weight excluding hydrogens is 402 g/mol. The fraction of sp³-hybridized carbons (Fsp3) is 0.346. The van der Waals surface area contributed by atoms with Gasteiger partial charge in [-0.3, -0.25) is 4.79 Å². The van der Waals surface area contributed by atoms with Crippen LogP contribution < -0.4 is 15.0 Å². The summed E-state index contributed by atoms with van der Waals surface area (Å²) >= 11 is 0. The monoisotopic (exact) mass is 433 g/mol. The number of rotatable bonds is 6. The molecule has 2 aromatic carbocycles. The molecule has 0 radical (unpaired) electrons. The van der Waals surface area contributed by atoms with Crippen molar-refractivity contribution in [3.63, 3.8) is 0 Å². The molecule has 1 aliphatic heterocycles. The maximum Gasteiger partial charge on any atom is 0.253 e. The van der Waals surface area contributed by atoms with Gasteiger partial charge < -0.3 is 24.3 Å². The number of aromatic nitrogens is 1. The minimum absolute atomic E-state index is 0.0670. The highest BCUT2D eigenvalue weighted by atomic mass is 16.5. The number of carbonyl (C=O) groups is 1. The van der Waals surface area contributed by atoms with Gasteiger partial charge in [-0.15, -0.1) is 0 Å². The Balaban J connectivity index is 1.47. The topological polar surface area (TPSA) is 55.7 Å². The summed E-state index contributed by atoms with van der Waals surface area (Å²) in [4.78, 5) is 15.4. The molecule has 0 aliphatic carbocycles. The quantitative estimate of drug-likeness (QED) is 0.625. The summed E-state index contributed by atoms with van der Waals surface area (Å²) in [7, 11) is 1.65. The minimum atomic E-state index is -0.0923. The number of nitrogens with zero attached hydrogens (tertiary/aromatic N) is 2. The van der Waals surface area contributed by atoms with Gasteiger partial charge in [-0.05, 0) is 68.8 Å². The van der Waals surface area contributed by atoms with E-state index in [4.69, 9.17) is 9.47 Å². The van der Waals surface area contributed by atoms with Crippen molar-refractivity contribution in [1.29, 1.82) is 0 Å². The van der Waals surface area contributed by atoms with E-state index in [0.29, 0.717) is 5.56 Å². The molecule has 0 spiro atoms. The number of methoxy groups -OCH3 is 1. The molecule has 1 aliphatic rings. The van der Waals surface area contributed by atoms with E-state index in [-0.39, 0.29) is 11.9 Å². The van der Waals surface area contributed by atoms with Gasteiger partial charge in [0.05, 0.1) is 31.9 Å². The number of aryl methyl sites for hydroxylation is 1. The van der Waals surface area contributed by atoms with Crippen molar-refractivity contribution in [1.82, 2.24) is 9.88 Å². The number of anilines is 1. The van der Waals surface area contributed by atoms with Gasteiger partial charge in [0.1, 0.15) is 5.75 Å². The van der Waals surface area contributed by atoms with Gasteiger partial charge in [0, 0.05) is 35.9 Å². The fourth-order valence-electron chi connectivity index (χ4n) is 4.27. The number of hydrogen-bond acceptors (Lipinski definition) is 4. The Morgan fingerprint density at radius 1 is 1.00 bits per heavy atom. The van der Waals surface area contributed by atoms with E-state index in [9.17, 15) is 4.79 Å². The molecule has 1 aromatic heterocycles. The summed E-state index contributed by atoms with van der Waals surface area (Å²) in [5, 5.41) is 3.16. The fourth-order valence-corrected chi connectivity index (χ4v) is 4.27. The molecule has 3 aromatic rings. The van der Waals surface area contributed by atoms with Crippen LogP contribution in [0.2, 0.25) is 0 Å². The second-order valence-corrected chi connectivity index (χ2v) is 8.20. The Bertz CT molecular complexity index is 1060. The molecule has 1 saturated heterocycles. The lowest BCUT2D eigenvalue weighted by atomic mass is 10.1. The zero-order valence-electron chi connectivity index (χ0n) is 19.2. The van der Waals surface area contributed by atoms with Crippen LogP contribution in [0.3, 0.4) is 0 Å². The molecule has 2 heterocycles. The number of amides is 1. The molecule has 0 bridgehead atoms. The molecule has 168 valence electrons. The summed E-state index contributed by atoms with van der Waals surface area (Å²) in [6.07, 6.45) is 0. The van der Waals surface area contributed by atoms with E-state index in [1.807, 2.05) is 51.1 Å². The van der Waals surface area contributed by atoms with Crippen LogP contribution in [0.1, 0.15) is 40.3 Å². The van der Waals surface area contributed by atoms with Gasteiger partial charge in [0.2, 0.25) is 0 Å². The van der Waals surface area contributed by atoms with Gasteiger partial charge >= 0.3 is 0 Å². The maximum atomic E-state index is 13.1. The second kappa shape index (κ2) is 9.49. The molecular formula is C26H31N3O3. The van der Waals surface area contributed by atoms with Crippen LogP contribution in [-0.2, 0) is 4.74 Å². The molecule has 32 heavy (non-hydrogen) atoms. The van der Waals surface area contributed by atoms with E-state index in [0.717, 1.165) is 54.7 Å². The SMILES string of the molecule is COc1ccc(-n2c(C)cc(C(=O)NC(C)c3ccc(N4CCOCC4)cc3)c2C)cc1. The summed E-state index contributed by atoms with van der Waals surface area (Å²) in [5.41, 5.74) is 5.90. The van der Waals surface area contributed by atoms with E-state index in [1.54, 1.807) is 7.11 Å². The number of nitrogens with one attached hydrogen (secondary N) is 1. The molecule has 1 amide bonds.